The Hall–Kier alpha value is -0.680. The summed E-state index contributed by atoms with van der Waals surface area (Å²) in [6.07, 6.45) is 1.52. The van der Waals surface area contributed by atoms with Gasteiger partial charge in [0.05, 0.1) is 13.2 Å². The van der Waals surface area contributed by atoms with Gasteiger partial charge in [-0.15, -0.1) is 0 Å². The van der Waals surface area contributed by atoms with Gasteiger partial charge in [-0.3, -0.25) is 0 Å². The lowest BCUT2D eigenvalue weighted by atomic mass is 10.0. The van der Waals surface area contributed by atoms with Crippen LogP contribution >= 0.6 is 11.6 Å². The minimum absolute atomic E-state index is 0.210. The fraction of sp³-hybridized carbons (Fsp3) is 0.571. The zero-order valence-corrected chi connectivity index (χ0v) is 12.2. The lowest BCUT2D eigenvalue weighted by molar-refractivity contribution is 0.0661. The highest BCUT2D eigenvalue weighted by atomic mass is 35.5. The number of hydrogen-bond acceptors (Lipinski definition) is 3. The van der Waals surface area contributed by atoms with Crippen LogP contribution in [0.3, 0.4) is 0 Å². The maximum Gasteiger partial charge on any atom is 0.123 e. The Labute approximate surface area is 119 Å². The molecule has 1 atom stereocenters. The summed E-state index contributed by atoms with van der Waals surface area (Å²) < 4.78 is 23.5. The SMILES string of the molecule is CNC(CCOCCOC)Cc1cc(F)ccc1Cl. The first-order chi connectivity index (χ1) is 9.17. The maximum absolute atomic E-state index is 13.2. The number of hydrogen-bond donors (Lipinski definition) is 1. The van der Waals surface area contributed by atoms with Crippen LogP contribution in [0.5, 0.6) is 0 Å². The van der Waals surface area contributed by atoms with Crippen molar-refractivity contribution in [3.8, 4) is 0 Å². The Balaban J connectivity index is 2.41. The molecule has 0 aliphatic heterocycles. The number of halogens is 2. The van der Waals surface area contributed by atoms with Crippen molar-refractivity contribution >= 4 is 11.6 Å². The quantitative estimate of drug-likeness (QED) is 0.709. The average Bonchev–Trinajstić information content (AvgIpc) is 2.41. The minimum atomic E-state index is -0.259. The summed E-state index contributed by atoms with van der Waals surface area (Å²) >= 11 is 6.06. The molecule has 1 unspecified atom stereocenters. The van der Waals surface area contributed by atoms with E-state index >= 15 is 0 Å². The standard InChI is InChI=1S/C14H21ClFNO2/c1-17-13(5-6-19-8-7-18-2)10-11-9-12(16)3-4-14(11)15/h3-4,9,13,17H,5-8,10H2,1-2H3. The molecule has 1 aromatic rings. The number of methoxy groups -OCH3 is 1. The average molecular weight is 290 g/mol. The van der Waals surface area contributed by atoms with Gasteiger partial charge in [-0.25, -0.2) is 4.39 Å². The molecule has 0 bridgehead atoms. The first kappa shape index (κ1) is 16.4. The van der Waals surface area contributed by atoms with Crippen molar-refractivity contribution in [2.45, 2.75) is 18.9 Å². The third kappa shape index (κ3) is 6.34. The summed E-state index contributed by atoms with van der Waals surface area (Å²) in [6, 6.07) is 4.66. The second-order valence-electron chi connectivity index (χ2n) is 4.32. The second-order valence-corrected chi connectivity index (χ2v) is 4.73. The summed E-state index contributed by atoms with van der Waals surface area (Å²) in [5.74, 6) is -0.259. The molecule has 3 nitrogen and oxygen atoms in total. The van der Waals surface area contributed by atoms with E-state index in [1.54, 1.807) is 13.2 Å². The smallest absolute Gasteiger partial charge is 0.123 e. The van der Waals surface area contributed by atoms with Crippen molar-refractivity contribution in [3.63, 3.8) is 0 Å². The van der Waals surface area contributed by atoms with Crippen LogP contribution in [-0.4, -0.2) is 40.0 Å². The van der Waals surface area contributed by atoms with Gasteiger partial charge in [-0.2, -0.15) is 0 Å². The van der Waals surface area contributed by atoms with Crippen LogP contribution in [0.1, 0.15) is 12.0 Å². The van der Waals surface area contributed by atoms with Gasteiger partial charge in [0.2, 0.25) is 0 Å². The second kappa shape index (κ2) is 9.26. The van der Waals surface area contributed by atoms with Gasteiger partial charge in [0.25, 0.3) is 0 Å². The summed E-state index contributed by atoms with van der Waals surface area (Å²) in [5, 5.41) is 3.79. The highest BCUT2D eigenvalue weighted by molar-refractivity contribution is 6.31. The van der Waals surface area contributed by atoms with Crippen molar-refractivity contribution in [1.82, 2.24) is 5.32 Å². The van der Waals surface area contributed by atoms with Crippen molar-refractivity contribution in [1.29, 1.82) is 0 Å². The Bertz CT molecular complexity index is 376. The largest absolute Gasteiger partial charge is 0.382 e. The Morgan fingerprint density at radius 1 is 1.32 bits per heavy atom. The Morgan fingerprint density at radius 2 is 2.11 bits per heavy atom. The summed E-state index contributed by atoms with van der Waals surface area (Å²) in [5.41, 5.74) is 0.818. The lowest BCUT2D eigenvalue weighted by Gasteiger charge is -2.17. The molecule has 0 saturated carbocycles. The molecule has 0 aliphatic carbocycles. The van der Waals surface area contributed by atoms with Crippen LogP contribution in [0.4, 0.5) is 4.39 Å². The summed E-state index contributed by atoms with van der Waals surface area (Å²) in [7, 11) is 3.53. The topological polar surface area (TPSA) is 30.5 Å². The molecule has 0 radical (unpaired) electrons. The predicted octanol–water partition coefficient (Wildman–Crippen LogP) is 2.66. The third-order valence-corrected chi connectivity index (χ3v) is 3.29. The van der Waals surface area contributed by atoms with Crippen molar-refractivity contribution in [2.24, 2.45) is 0 Å². The van der Waals surface area contributed by atoms with E-state index in [1.807, 2.05) is 7.05 Å². The van der Waals surface area contributed by atoms with Gasteiger partial charge in [0, 0.05) is 24.8 Å². The molecule has 0 aromatic heterocycles. The van der Waals surface area contributed by atoms with Crippen molar-refractivity contribution < 1.29 is 13.9 Å². The zero-order chi connectivity index (χ0) is 14.1. The van der Waals surface area contributed by atoms with Gasteiger partial charge >= 0.3 is 0 Å². The van der Waals surface area contributed by atoms with E-state index < -0.39 is 0 Å². The summed E-state index contributed by atoms with van der Waals surface area (Å²) in [4.78, 5) is 0. The van der Waals surface area contributed by atoms with E-state index in [4.69, 9.17) is 21.1 Å². The molecule has 5 heteroatoms. The van der Waals surface area contributed by atoms with Crippen LogP contribution < -0.4 is 5.32 Å². The van der Waals surface area contributed by atoms with E-state index in [2.05, 4.69) is 5.32 Å². The van der Waals surface area contributed by atoms with E-state index in [0.29, 0.717) is 31.3 Å². The molecule has 0 amide bonds. The number of rotatable bonds is 9. The van der Waals surface area contributed by atoms with Gasteiger partial charge in [0.15, 0.2) is 0 Å². The first-order valence-corrected chi connectivity index (χ1v) is 6.73. The molecule has 0 spiro atoms. The Morgan fingerprint density at radius 3 is 2.79 bits per heavy atom. The van der Waals surface area contributed by atoms with Gasteiger partial charge in [-0.05, 0) is 43.7 Å². The normalized spacial score (nSPS) is 12.6. The molecule has 1 rings (SSSR count). The number of likely N-dealkylation sites (N-methyl/N-ethyl adjacent to an activating group) is 1. The molecular weight excluding hydrogens is 269 g/mol. The van der Waals surface area contributed by atoms with E-state index in [-0.39, 0.29) is 11.9 Å². The molecule has 1 aromatic carbocycles. The molecule has 0 saturated heterocycles. The van der Waals surface area contributed by atoms with Gasteiger partial charge < -0.3 is 14.8 Å². The van der Waals surface area contributed by atoms with E-state index in [9.17, 15) is 4.39 Å². The molecule has 19 heavy (non-hydrogen) atoms. The van der Waals surface area contributed by atoms with Crippen molar-refractivity contribution in [3.05, 3.63) is 34.6 Å². The van der Waals surface area contributed by atoms with Crippen molar-refractivity contribution in [2.75, 3.05) is 34.0 Å². The van der Waals surface area contributed by atoms with Crippen LogP contribution in [0.2, 0.25) is 5.02 Å². The van der Waals surface area contributed by atoms with Crippen LogP contribution in [0, 0.1) is 5.82 Å². The number of ether oxygens (including phenoxy) is 2. The molecular formula is C14H21ClFNO2. The molecule has 0 aliphatic rings. The lowest BCUT2D eigenvalue weighted by Crippen LogP contribution is -2.29. The van der Waals surface area contributed by atoms with Crippen LogP contribution in [0.25, 0.3) is 0 Å². The molecule has 0 heterocycles. The summed E-state index contributed by atoms with van der Waals surface area (Å²) in [6.45, 7) is 1.83. The molecule has 1 N–H and O–H groups in total. The predicted molar refractivity (Wildman–Crippen MR) is 75.3 cm³/mol. The third-order valence-electron chi connectivity index (χ3n) is 2.92. The van der Waals surface area contributed by atoms with Gasteiger partial charge in [-0.1, -0.05) is 11.6 Å². The fourth-order valence-electron chi connectivity index (χ4n) is 1.78. The highest BCUT2D eigenvalue weighted by Gasteiger charge is 2.10. The minimum Gasteiger partial charge on any atom is -0.382 e. The first-order valence-electron chi connectivity index (χ1n) is 6.35. The maximum atomic E-state index is 13.2. The number of benzene rings is 1. The van der Waals surface area contributed by atoms with Gasteiger partial charge in [0.1, 0.15) is 5.82 Å². The number of nitrogens with one attached hydrogen (secondary N) is 1. The Kier molecular flexibility index (Phi) is 7.98. The van der Waals surface area contributed by atoms with Crippen LogP contribution in [0.15, 0.2) is 18.2 Å². The highest BCUT2D eigenvalue weighted by Crippen LogP contribution is 2.19. The monoisotopic (exact) mass is 289 g/mol. The molecule has 108 valence electrons. The zero-order valence-electron chi connectivity index (χ0n) is 11.4. The fourth-order valence-corrected chi connectivity index (χ4v) is 1.98. The molecule has 0 fully saturated rings. The van der Waals surface area contributed by atoms with E-state index in [0.717, 1.165) is 12.0 Å². The van der Waals surface area contributed by atoms with Crippen LogP contribution in [-0.2, 0) is 15.9 Å². The van der Waals surface area contributed by atoms with E-state index in [1.165, 1.54) is 12.1 Å².